The van der Waals surface area contributed by atoms with E-state index < -0.39 is 0 Å². The summed E-state index contributed by atoms with van der Waals surface area (Å²) < 4.78 is 7.80. The van der Waals surface area contributed by atoms with Gasteiger partial charge in [-0.3, -0.25) is 0 Å². The van der Waals surface area contributed by atoms with Crippen LogP contribution in [0.15, 0.2) is 59.1 Å². The molecule has 0 aromatic heterocycles. The van der Waals surface area contributed by atoms with Crippen LogP contribution in [0.2, 0.25) is 0 Å². The average Bonchev–Trinajstić information content (AvgIpc) is 2.82. The smallest absolute Gasteiger partial charge is 0.108 e. The Morgan fingerprint density at radius 1 is 0.958 bits per heavy atom. The zero-order valence-corrected chi connectivity index (χ0v) is 15.7. The van der Waals surface area contributed by atoms with Gasteiger partial charge in [-0.1, -0.05) is 58.4 Å². The summed E-state index contributed by atoms with van der Waals surface area (Å²) in [5.74, 6) is 0. The Bertz CT molecular complexity index is 675. The first-order chi connectivity index (χ1) is 11.7. The summed E-state index contributed by atoms with van der Waals surface area (Å²) >= 11 is 3.60. The second-order valence-electron chi connectivity index (χ2n) is 7.13. The molecule has 2 bridgehead atoms. The number of hydrogen-bond donors (Lipinski definition) is 0. The zero-order chi connectivity index (χ0) is 16.5. The van der Waals surface area contributed by atoms with Crippen molar-refractivity contribution in [2.75, 3.05) is 7.05 Å². The maximum atomic E-state index is 6.70. The van der Waals surface area contributed by atoms with Gasteiger partial charge in [0.25, 0.3) is 0 Å². The Hall–Kier alpha value is -1.16. The zero-order valence-electron chi connectivity index (χ0n) is 14.1. The molecule has 0 N–H and O–H groups in total. The molecule has 2 aliphatic heterocycles. The monoisotopic (exact) mass is 385 g/mol. The summed E-state index contributed by atoms with van der Waals surface area (Å²) in [4.78, 5) is 2.57. The summed E-state index contributed by atoms with van der Waals surface area (Å²) in [6.45, 7) is 0. The lowest BCUT2D eigenvalue weighted by molar-refractivity contribution is -0.0426. The number of hydrogen-bond acceptors (Lipinski definition) is 2. The fourth-order valence-corrected chi connectivity index (χ4v) is 4.73. The highest BCUT2D eigenvalue weighted by molar-refractivity contribution is 9.10. The normalized spacial score (nSPS) is 28.0. The largest absolute Gasteiger partial charge is 0.365 e. The van der Waals surface area contributed by atoms with Crippen molar-refractivity contribution >= 4 is 15.9 Å². The van der Waals surface area contributed by atoms with Crippen molar-refractivity contribution in [2.45, 2.75) is 50.0 Å². The van der Waals surface area contributed by atoms with Crippen molar-refractivity contribution in [3.05, 3.63) is 70.2 Å². The van der Waals surface area contributed by atoms with E-state index in [9.17, 15) is 0 Å². The molecule has 2 nitrogen and oxygen atoms in total. The van der Waals surface area contributed by atoms with Crippen molar-refractivity contribution in [2.24, 2.45) is 0 Å². The Labute approximate surface area is 153 Å². The molecule has 2 unspecified atom stereocenters. The Balaban J connectivity index is 1.59. The molecule has 2 aromatic rings. The molecule has 0 saturated carbocycles. The van der Waals surface area contributed by atoms with Crippen molar-refractivity contribution in [1.29, 1.82) is 0 Å². The van der Waals surface area contributed by atoms with Gasteiger partial charge in [0.15, 0.2) is 0 Å². The van der Waals surface area contributed by atoms with Crippen LogP contribution in [-0.4, -0.2) is 30.1 Å². The van der Waals surface area contributed by atoms with E-state index >= 15 is 0 Å². The van der Waals surface area contributed by atoms with Crippen molar-refractivity contribution < 1.29 is 4.74 Å². The summed E-state index contributed by atoms with van der Waals surface area (Å²) in [6.07, 6.45) is 5.33. The molecular formula is C21H24BrNO. The quantitative estimate of drug-likeness (QED) is 0.718. The van der Waals surface area contributed by atoms with Crippen LogP contribution in [0.25, 0.3) is 0 Å². The van der Waals surface area contributed by atoms with Gasteiger partial charge in [-0.05, 0) is 56.0 Å². The molecule has 24 heavy (non-hydrogen) atoms. The lowest BCUT2D eigenvalue weighted by Gasteiger charge is -2.38. The van der Waals surface area contributed by atoms with Gasteiger partial charge in [0.1, 0.15) is 6.10 Å². The van der Waals surface area contributed by atoms with Crippen LogP contribution in [0.4, 0.5) is 0 Å². The standard InChI is InChI=1S/C21H24BrNO/c1-23-18-10-11-19(23)14-20(13-18)24-21(15-6-3-2-4-7-15)16-8-5-9-17(22)12-16/h2-9,12,18-21H,10-11,13-14H2,1H3/t18-,19+,20?,21?. The van der Waals surface area contributed by atoms with Gasteiger partial charge in [0.05, 0.1) is 6.10 Å². The van der Waals surface area contributed by atoms with Crippen LogP contribution in [0.3, 0.4) is 0 Å². The van der Waals surface area contributed by atoms with Gasteiger partial charge >= 0.3 is 0 Å². The number of halogens is 1. The topological polar surface area (TPSA) is 12.5 Å². The molecule has 2 aliphatic rings. The third-order valence-electron chi connectivity index (χ3n) is 5.64. The van der Waals surface area contributed by atoms with Gasteiger partial charge < -0.3 is 9.64 Å². The second-order valence-corrected chi connectivity index (χ2v) is 8.04. The fraction of sp³-hybridized carbons (Fsp3) is 0.429. The van der Waals surface area contributed by atoms with E-state index in [4.69, 9.17) is 4.74 Å². The fourth-order valence-electron chi connectivity index (χ4n) is 4.31. The lowest BCUT2D eigenvalue weighted by atomic mass is 9.97. The van der Waals surface area contributed by atoms with Crippen LogP contribution in [-0.2, 0) is 4.74 Å². The van der Waals surface area contributed by atoms with Gasteiger partial charge in [-0.2, -0.15) is 0 Å². The van der Waals surface area contributed by atoms with E-state index in [0.29, 0.717) is 18.2 Å². The molecule has 126 valence electrons. The van der Waals surface area contributed by atoms with Crippen LogP contribution in [0, 0.1) is 0 Å². The van der Waals surface area contributed by atoms with Gasteiger partial charge in [-0.25, -0.2) is 0 Å². The maximum absolute atomic E-state index is 6.70. The summed E-state index contributed by atoms with van der Waals surface area (Å²) in [7, 11) is 2.28. The number of fused-ring (bicyclic) bond motifs is 2. The highest BCUT2D eigenvalue weighted by atomic mass is 79.9. The Morgan fingerprint density at radius 2 is 1.62 bits per heavy atom. The summed E-state index contributed by atoms with van der Waals surface area (Å²) in [5, 5.41) is 0. The summed E-state index contributed by atoms with van der Waals surface area (Å²) in [5.41, 5.74) is 2.46. The molecular weight excluding hydrogens is 362 g/mol. The van der Waals surface area contributed by atoms with Gasteiger partial charge in [-0.15, -0.1) is 0 Å². The van der Waals surface area contributed by atoms with Crippen LogP contribution >= 0.6 is 15.9 Å². The molecule has 2 aromatic carbocycles. The van der Waals surface area contributed by atoms with Crippen molar-refractivity contribution in [3.63, 3.8) is 0 Å². The van der Waals surface area contributed by atoms with Gasteiger partial charge in [0, 0.05) is 16.6 Å². The predicted molar refractivity (Wildman–Crippen MR) is 101 cm³/mol. The minimum atomic E-state index is 0.0107. The van der Waals surface area contributed by atoms with Crippen LogP contribution in [0.5, 0.6) is 0 Å². The highest BCUT2D eigenvalue weighted by Gasteiger charge is 2.39. The van der Waals surface area contributed by atoms with E-state index in [1.54, 1.807) is 0 Å². The first-order valence-corrected chi connectivity index (χ1v) is 9.68. The SMILES string of the molecule is CN1[C@@H]2CC[C@H]1CC(OC(c1ccccc1)c1cccc(Br)c1)C2. The maximum Gasteiger partial charge on any atom is 0.108 e. The number of rotatable bonds is 4. The number of nitrogens with zero attached hydrogens (tertiary/aromatic N) is 1. The third kappa shape index (κ3) is 3.30. The molecule has 0 spiro atoms. The van der Waals surface area contributed by atoms with E-state index in [1.165, 1.54) is 24.0 Å². The van der Waals surface area contributed by atoms with Crippen LogP contribution < -0.4 is 0 Å². The van der Waals surface area contributed by atoms with Crippen molar-refractivity contribution in [3.8, 4) is 0 Å². The Kier molecular flexibility index (Phi) is 4.75. The molecule has 4 atom stereocenters. The molecule has 4 rings (SSSR count). The number of piperidine rings is 1. The molecule has 3 heteroatoms. The third-order valence-corrected chi connectivity index (χ3v) is 6.13. The van der Waals surface area contributed by atoms with Crippen LogP contribution in [0.1, 0.15) is 42.9 Å². The first-order valence-electron chi connectivity index (χ1n) is 8.88. The van der Waals surface area contributed by atoms with E-state index in [1.807, 2.05) is 0 Å². The minimum Gasteiger partial charge on any atom is -0.365 e. The molecule has 2 heterocycles. The van der Waals surface area contributed by atoms with E-state index in [0.717, 1.165) is 17.3 Å². The minimum absolute atomic E-state index is 0.0107. The van der Waals surface area contributed by atoms with Crippen molar-refractivity contribution in [1.82, 2.24) is 4.90 Å². The molecule has 0 radical (unpaired) electrons. The predicted octanol–water partition coefficient (Wildman–Crippen LogP) is 5.18. The molecule has 0 aliphatic carbocycles. The first kappa shape index (κ1) is 16.3. The lowest BCUT2D eigenvalue weighted by Crippen LogP contribution is -2.43. The number of ether oxygens (including phenoxy) is 1. The van der Waals surface area contributed by atoms with Gasteiger partial charge in [0.2, 0.25) is 0 Å². The van der Waals surface area contributed by atoms with E-state index in [-0.39, 0.29) is 6.10 Å². The Morgan fingerprint density at radius 3 is 2.29 bits per heavy atom. The molecule has 2 saturated heterocycles. The average molecular weight is 386 g/mol. The summed E-state index contributed by atoms with van der Waals surface area (Å²) in [6, 6.07) is 20.5. The molecule has 2 fully saturated rings. The molecule has 0 amide bonds. The second kappa shape index (κ2) is 6.99. The highest BCUT2D eigenvalue weighted by Crippen LogP contribution is 2.38. The number of benzene rings is 2. The van der Waals surface area contributed by atoms with E-state index in [2.05, 4.69) is 82.5 Å².